The Morgan fingerprint density at radius 3 is 3.00 bits per heavy atom. The van der Waals surface area contributed by atoms with Gasteiger partial charge in [0.15, 0.2) is 5.65 Å². The molecule has 0 aliphatic carbocycles. The highest BCUT2D eigenvalue weighted by atomic mass is 35.5. The molecule has 0 bridgehead atoms. The van der Waals surface area contributed by atoms with E-state index in [0.29, 0.717) is 5.92 Å². The van der Waals surface area contributed by atoms with E-state index < -0.39 is 0 Å². The number of rotatable bonds is 4. The van der Waals surface area contributed by atoms with Crippen LogP contribution in [-0.2, 0) is 6.54 Å². The summed E-state index contributed by atoms with van der Waals surface area (Å²) in [6, 6.07) is 4.12. The third-order valence-corrected chi connectivity index (χ3v) is 5.15. The van der Waals surface area contributed by atoms with Crippen molar-refractivity contribution >= 4 is 28.7 Å². The monoisotopic (exact) mass is 358 g/mol. The zero-order chi connectivity index (χ0) is 17.6. The third-order valence-electron chi connectivity index (χ3n) is 4.75. The van der Waals surface area contributed by atoms with Crippen molar-refractivity contribution in [3.05, 3.63) is 34.7 Å². The summed E-state index contributed by atoms with van der Waals surface area (Å²) < 4.78 is 1.94. The van der Waals surface area contributed by atoms with Crippen LogP contribution in [0.2, 0.25) is 5.15 Å². The van der Waals surface area contributed by atoms with Gasteiger partial charge in [-0.15, -0.1) is 0 Å². The molecule has 1 aliphatic rings. The molecule has 1 fully saturated rings. The van der Waals surface area contributed by atoms with Crippen molar-refractivity contribution in [2.24, 2.45) is 5.92 Å². The lowest BCUT2D eigenvalue weighted by molar-refractivity contribution is 0.481. The summed E-state index contributed by atoms with van der Waals surface area (Å²) in [6.07, 6.45) is 3.93. The SMILES string of the molecule is Cc1nn(CC(C)C)c(Cl)c1C1CCCN1c1nc2ncccc2[nH]1. The molecule has 0 spiro atoms. The first-order chi connectivity index (χ1) is 12.0. The van der Waals surface area contributed by atoms with Gasteiger partial charge in [-0.25, -0.2) is 4.98 Å². The standard InChI is InChI=1S/C18H23ClN6/c1-11(2)10-25-16(19)15(12(3)23-25)14-7-5-9-24(14)18-21-13-6-4-8-20-17(13)22-18/h4,6,8,11,14H,5,7,9-10H2,1-3H3,(H,20,21,22). The number of hydrogen-bond acceptors (Lipinski definition) is 4. The molecule has 6 nitrogen and oxygen atoms in total. The van der Waals surface area contributed by atoms with E-state index in [1.165, 1.54) is 0 Å². The van der Waals surface area contributed by atoms with E-state index in [1.807, 2.05) is 16.8 Å². The van der Waals surface area contributed by atoms with Gasteiger partial charge in [-0.2, -0.15) is 10.1 Å². The van der Waals surface area contributed by atoms with Crippen LogP contribution in [0.3, 0.4) is 0 Å². The zero-order valence-electron chi connectivity index (χ0n) is 14.8. The molecule has 1 saturated heterocycles. The van der Waals surface area contributed by atoms with Gasteiger partial charge >= 0.3 is 0 Å². The fourth-order valence-corrected chi connectivity index (χ4v) is 4.07. The van der Waals surface area contributed by atoms with Crippen LogP contribution in [0.1, 0.15) is 44.0 Å². The number of halogens is 1. The Bertz CT molecular complexity index is 863. The van der Waals surface area contributed by atoms with Crippen LogP contribution in [0.4, 0.5) is 5.95 Å². The van der Waals surface area contributed by atoms with Crippen molar-refractivity contribution in [2.75, 3.05) is 11.4 Å². The van der Waals surface area contributed by atoms with Gasteiger partial charge in [0, 0.05) is 24.8 Å². The molecule has 0 amide bonds. The molecule has 1 N–H and O–H groups in total. The number of hydrogen-bond donors (Lipinski definition) is 1. The van der Waals surface area contributed by atoms with E-state index in [1.54, 1.807) is 6.20 Å². The highest BCUT2D eigenvalue weighted by Gasteiger charge is 2.33. The van der Waals surface area contributed by atoms with Crippen molar-refractivity contribution in [3.8, 4) is 0 Å². The van der Waals surface area contributed by atoms with E-state index in [0.717, 1.165) is 59.5 Å². The molecular weight excluding hydrogens is 336 g/mol. The number of aryl methyl sites for hydroxylation is 1. The Balaban J connectivity index is 1.71. The summed E-state index contributed by atoms with van der Waals surface area (Å²) >= 11 is 6.72. The summed E-state index contributed by atoms with van der Waals surface area (Å²) in [4.78, 5) is 14.7. The number of anilines is 1. The summed E-state index contributed by atoms with van der Waals surface area (Å²) in [6.45, 7) is 8.19. The van der Waals surface area contributed by atoms with Crippen LogP contribution in [0.15, 0.2) is 18.3 Å². The minimum absolute atomic E-state index is 0.203. The number of aromatic nitrogens is 5. The molecule has 132 valence electrons. The van der Waals surface area contributed by atoms with Crippen molar-refractivity contribution in [1.29, 1.82) is 0 Å². The smallest absolute Gasteiger partial charge is 0.205 e. The fourth-order valence-electron chi connectivity index (χ4n) is 3.70. The van der Waals surface area contributed by atoms with Gasteiger partial charge in [-0.05, 0) is 37.8 Å². The van der Waals surface area contributed by atoms with Crippen molar-refractivity contribution in [1.82, 2.24) is 24.7 Å². The van der Waals surface area contributed by atoms with Crippen LogP contribution in [0, 0.1) is 12.8 Å². The molecule has 3 aromatic rings. The molecule has 1 atom stereocenters. The Morgan fingerprint density at radius 1 is 1.40 bits per heavy atom. The largest absolute Gasteiger partial charge is 0.335 e. The lowest BCUT2D eigenvalue weighted by Crippen LogP contribution is -2.24. The molecule has 4 heterocycles. The lowest BCUT2D eigenvalue weighted by atomic mass is 10.1. The molecule has 0 aromatic carbocycles. The van der Waals surface area contributed by atoms with E-state index >= 15 is 0 Å². The number of nitrogens with one attached hydrogen (secondary N) is 1. The maximum absolute atomic E-state index is 6.72. The highest BCUT2D eigenvalue weighted by molar-refractivity contribution is 6.30. The van der Waals surface area contributed by atoms with Gasteiger partial charge in [0.25, 0.3) is 0 Å². The first-order valence-corrected chi connectivity index (χ1v) is 9.22. The molecule has 1 unspecified atom stereocenters. The highest BCUT2D eigenvalue weighted by Crippen LogP contribution is 2.40. The Morgan fingerprint density at radius 2 is 2.24 bits per heavy atom. The molecule has 4 rings (SSSR count). The second-order valence-electron chi connectivity index (χ2n) is 7.15. The average molecular weight is 359 g/mol. The maximum Gasteiger partial charge on any atom is 0.205 e. The van der Waals surface area contributed by atoms with Gasteiger partial charge in [0.1, 0.15) is 5.15 Å². The quantitative estimate of drug-likeness (QED) is 0.762. The predicted octanol–water partition coefficient (Wildman–Crippen LogP) is 4.11. The Labute approximate surface area is 152 Å². The van der Waals surface area contributed by atoms with Gasteiger partial charge in [0.2, 0.25) is 5.95 Å². The summed E-state index contributed by atoms with van der Waals surface area (Å²) in [5.41, 5.74) is 3.85. The van der Waals surface area contributed by atoms with Crippen LogP contribution in [0.5, 0.6) is 0 Å². The summed E-state index contributed by atoms with van der Waals surface area (Å²) in [7, 11) is 0. The molecule has 0 radical (unpaired) electrons. The number of nitrogens with zero attached hydrogens (tertiary/aromatic N) is 5. The van der Waals surface area contributed by atoms with Gasteiger partial charge in [-0.3, -0.25) is 4.68 Å². The Kier molecular flexibility index (Phi) is 4.15. The molecule has 1 aliphatic heterocycles. The minimum Gasteiger partial charge on any atom is -0.335 e. The number of fused-ring (bicyclic) bond motifs is 1. The predicted molar refractivity (Wildman–Crippen MR) is 100 cm³/mol. The second kappa shape index (κ2) is 6.33. The molecule has 0 saturated carbocycles. The van der Waals surface area contributed by atoms with Crippen LogP contribution >= 0.6 is 11.6 Å². The van der Waals surface area contributed by atoms with Crippen molar-refractivity contribution < 1.29 is 0 Å². The average Bonchev–Trinajstić information content (AvgIpc) is 3.24. The molecule has 7 heteroatoms. The van der Waals surface area contributed by atoms with Crippen molar-refractivity contribution in [2.45, 2.75) is 46.2 Å². The minimum atomic E-state index is 0.203. The fraction of sp³-hybridized carbons (Fsp3) is 0.500. The molecule has 3 aromatic heterocycles. The third kappa shape index (κ3) is 2.88. The lowest BCUT2D eigenvalue weighted by Gasteiger charge is -2.24. The van der Waals surface area contributed by atoms with Gasteiger partial charge in [-0.1, -0.05) is 25.4 Å². The van der Waals surface area contributed by atoms with E-state index in [4.69, 9.17) is 11.6 Å². The number of aromatic amines is 1. The van der Waals surface area contributed by atoms with E-state index in [2.05, 4.69) is 45.7 Å². The van der Waals surface area contributed by atoms with Crippen molar-refractivity contribution in [3.63, 3.8) is 0 Å². The first-order valence-electron chi connectivity index (χ1n) is 8.84. The molecular formula is C18H23ClN6. The number of H-pyrrole nitrogens is 1. The normalized spacial score (nSPS) is 18.0. The van der Waals surface area contributed by atoms with E-state index in [9.17, 15) is 0 Å². The zero-order valence-corrected chi connectivity index (χ0v) is 15.6. The number of pyridine rings is 1. The van der Waals surface area contributed by atoms with Gasteiger partial charge in [0.05, 0.1) is 17.3 Å². The van der Waals surface area contributed by atoms with Crippen LogP contribution in [0.25, 0.3) is 11.2 Å². The summed E-state index contributed by atoms with van der Waals surface area (Å²) in [5, 5.41) is 5.44. The first kappa shape index (κ1) is 16.4. The van der Waals surface area contributed by atoms with Crippen LogP contribution < -0.4 is 4.90 Å². The van der Waals surface area contributed by atoms with Crippen LogP contribution in [-0.4, -0.2) is 31.3 Å². The Hall–Kier alpha value is -2.08. The number of imidazole rings is 1. The van der Waals surface area contributed by atoms with Gasteiger partial charge < -0.3 is 9.88 Å². The maximum atomic E-state index is 6.72. The summed E-state index contributed by atoms with van der Waals surface area (Å²) in [5.74, 6) is 1.37. The topological polar surface area (TPSA) is 62.6 Å². The molecule has 25 heavy (non-hydrogen) atoms. The van der Waals surface area contributed by atoms with E-state index in [-0.39, 0.29) is 6.04 Å². The second-order valence-corrected chi connectivity index (χ2v) is 7.51.